The van der Waals surface area contributed by atoms with Gasteiger partial charge in [-0.2, -0.15) is 0 Å². The lowest BCUT2D eigenvalue weighted by Crippen LogP contribution is -2.67. The molecule has 1 aromatic rings. The van der Waals surface area contributed by atoms with E-state index in [1.54, 1.807) is 13.2 Å². The summed E-state index contributed by atoms with van der Waals surface area (Å²) in [6.45, 7) is 4.25. The average Bonchev–Trinajstić information content (AvgIpc) is 2.99. The lowest BCUT2D eigenvalue weighted by atomic mass is 9.83. The predicted molar refractivity (Wildman–Crippen MR) is 87.2 cm³/mol. The van der Waals surface area contributed by atoms with Gasteiger partial charge < -0.3 is 28.4 Å². The third kappa shape index (κ3) is 2.35. The van der Waals surface area contributed by atoms with E-state index < -0.39 is 30.4 Å². The van der Waals surface area contributed by atoms with Crippen molar-refractivity contribution in [3.05, 3.63) is 48.6 Å². The van der Waals surface area contributed by atoms with Gasteiger partial charge in [-0.05, 0) is 6.08 Å². The van der Waals surface area contributed by atoms with Crippen molar-refractivity contribution >= 4 is 17.5 Å². The zero-order chi connectivity index (χ0) is 16.7. The molecule has 0 amide bonds. The molecule has 0 bridgehead atoms. The Balaban J connectivity index is 1.67. The molecule has 3 aliphatic rings. The molecular weight excluding hydrogens is 332 g/mol. The molecule has 1 aromatic carbocycles. The van der Waals surface area contributed by atoms with Gasteiger partial charge in [0.15, 0.2) is 18.7 Å². The van der Waals surface area contributed by atoms with Crippen molar-refractivity contribution < 1.29 is 28.4 Å². The molecule has 6 nitrogen and oxygen atoms in total. The monoisotopic (exact) mass is 350 g/mol. The lowest BCUT2D eigenvalue weighted by Gasteiger charge is -2.49. The summed E-state index contributed by atoms with van der Waals surface area (Å²) in [4.78, 5) is 0. The molecule has 3 aliphatic heterocycles. The van der Waals surface area contributed by atoms with Crippen LogP contribution in [-0.4, -0.2) is 49.2 Å². The van der Waals surface area contributed by atoms with E-state index >= 15 is 0 Å². The molecule has 0 radical (unpaired) electrons. The second-order valence-corrected chi connectivity index (χ2v) is 6.19. The zero-order valence-corrected chi connectivity index (χ0v) is 13.9. The van der Waals surface area contributed by atoms with Gasteiger partial charge >= 0.3 is 5.24 Å². The molecule has 3 heterocycles. The van der Waals surface area contributed by atoms with Crippen LogP contribution in [0.25, 0.3) is 0 Å². The zero-order valence-electron chi connectivity index (χ0n) is 13.1. The van der Waals surface area contributed by atoms with E-state index in [2.05, 4.69) is 6.58 Å². The molecule has 4 rings (SSSR count). The average molecular weight is 350 g/mol. The largest absolute Gasteiger partial charge is 0.443 e. The number of methoxy groups -OCH3 is 1. The molecule has 128 valence electrons. The van der Waals surface area contributed by atoms with Crippen LogP contribution in [0.4, 0.5) is 0 Å². The SMILES string of the molecule is C=C[C@]12OC(=S)O[C@H]1[C@@H](OC)O[C@@H]1CO[C@@H](c3ccccc3)O[C@H]12. The van der Waals surface area contributed by atoms with Crippen LogP contribution < -0.4 is 0 Å². The Bertz CT molecular complexity index is 637. The second kappa shape index (κ2) is 6.09. The first-order valence-electron chi connectivity index (χ1n) is 7.71. The van der Waals surface area contributed by atoms with Gasteiger partial charge in [0.05, 0.1) is 6.61 Å². The summed E-state index contributed by atoms with van der Waals surface area (Å²) in [5.74, 6) is 0. The minimum atomic E-state index is -0.975. The number of hydrogen-bond acceptors (Lipinski definition) is 7. The Morgan fingerprint density at radius 1 is 1.25 bits per heavy atom. The first-order valence-corrected chi connectivity index (χ1v) is 8.12. The predicted octanol–water partition coefficient (Wildman–Crippen LogP) is 2.10. The number of benzene rings is 1. The Labute approximate surface area is 145 Å². The highest BCUT2D eigenvalue weighted by Crippen LogP contribution is 2.46. The Hall–Kier alpha value is -1.51. The van der Waals surface area contributed by atoms with Gasteiger partial charge in [0.2, 0.25) is 5.60 Å². The molecule has 0 aliphatic carbocycles. The summed E-state index contributed by atoms with van der Waals surface area (Å²) in [5, 5.41) is 0.0394. The van der Waals surface area contributed by atoms with E-state index in [1.807, 2.05) is 30.3 Å². The van der Waals surface area contributed by atoms with Crippen LogP contribution in [-0.2, 0) is 28.4 Å². The molecule has 3 fully saturated rings. The molecule has 3 saturated heterocycles. The number of fused-ring (bicyclic) bond motifs is 3. The maximum absolute atomic E-state index is 6.19. The normalized spacial score (nSPS) is 40.9. The van der Waals surface area contributed by atoms with E-state index in [1.165, 1.54) is 0 Å². The molecule has 7 heteroatoms. The van der Waals surface area contributed by atoms with Gasteiger partial charge in [0, 0.05) is 24.9 Å². The van der Waals surface area contributed by atoms with Crippen LogP contribution in [0.3, 0.4) is 0 Å². The Morgan fingerprint density at radius 2 is 2.04 bits per heavy atom. The van der Waals surface area contributed by atoms with Crippen LogP contribution in [0.15, 0.2) is 43.0 Å². The number of thiocarbonyl (C=S) groups is 1. The summed E-state index contributed by atoms with van der Waals surface area (Å²) in [7, 11) is 1.54. The third-order valence-electron chi connectivity index (χ3n) is 4.57. The molecular formula is C17H18O6S. The van der Waals surface area contributed by atoms with Crippen molar-refractivity contribution in [3.8, 4) is 0 Å². The van der Waals surface area contributed by atoms with E-state index in [4.69, 9.17) is 40.6 Å². The van der Waals surface area contributed by atoms with Crippen molar-refractivity contribution in [2.75, 3.05) is 13.7 Å². The number of hydrogen-bond donors (Lipinski definition) is 0. The number of ether oxygens (including phenoxy) is 6. The minimum absolute atomic E-state index is 0.0394. The number of rotatable bonds is 3. The Kier molecular flexibility index (Phi) is 4.06. The van der Waals surface area contributed by atoms with Crippen molar-refractivity contribution in [3.63, 3.8) is 0 Å². The molecule has 0 N–H and O–H groups in total. The fourth-order valence-electron chi connectivity index (χ4n) is 3.43. The van der Waals surface area contributed by atoms with Crippen molar-refractivity contribution in [2.24, 2.45) is 0 Å². The van der Waals surface area contributed by atoms with Gasteiger partial charge in [0.25, 0.3) is 0 Å². The first-order chi connectivity index (χ1) is 11.7. The van der Waals surface area contributed by atoms with Gasteiger partial charge in [0.1, 0.15) is 12.2 Å². The summed E-state index contributed by atoms with van der Waals surface area (Å²) in [6.07, 6.45) is -0.949. The standard InChI is InChI=1S/C17H18O6S/c1-3-17-12-11(20-15(18-2)13(17)22-16(24)23-17)9-19-14(21-12)10-7-5-4-6-8-10/h3-8,11-15H,1,9H2,2H3/t11-,12-,13+,14-,15+,17-/m1/s1. The molecule has 6 atom stereocenters. The van der Waals surface area contributed by atoms with Gasteiger partial charge in [-0.3, -0.25) is 0 Å². The van der Waals surface area contributed by atoms with Crippen molar-refractivity contribution in [1.29, 1.82) is 0 Å². The van der Waals surface area contributed by atoms with E-state index in [-0.39, 0.29) is 11.3 Å². The highest BCUT2D eigenvalue weighted by Gasteiger charge is 2.65. The molecule has 0 saturated carbocycles. The fraction of sp³-hybridized carbons (Fsp3) is 0.471. The van der Waals surface area contributed by atoms with Crippen LogP contribution in [0, 0.1) is 0 Å². The molecule has 0 spiro atoms. The van der Waals surface area contributed by atoms with E-state index in [0.717, 1.165) is 5.56 Å². The van der Waals surface area contributed by atoms with E-state index in [9.17, 15) is 0 Å². The summed E-state index contributed by atoms with van der Waals surface area (Å²) < 4.78 is 34.8. The van der Waals surface area contributed by atoms with E-state index in [0.29, 0.717) is 6.61 Å². The van der Waals surface area contributed by atoms with Crippen molar-refractivity contribution in [2.45, 2.75) is 36.5 Å². The molecule has 24 heavy (non-hydrogen) atoms. The highest BCUT2D eigenvalue weighted by atomic mass is 32.1. The fourth-order valence-corrected chi connectivity index (χ4v) is 3.68. The second-order valence-electron chi connectivity index (χ2n) is 5.86. The third-order valence-corrected chi connectivity index (χ3v) is 4.75. The first kappa shape index (κ1) is 16.0. The van der Waals surface area contributed by atoms with Gasteiger partial charge in [-0.1, -0.05) is 36.9 Å². The Morgan fingerprint density at radius 3 is 2.75 bits per heavy atom. The molecule has 0 unspecified atom stereocenters. The highest BCUT2D eigenvalue weighted by molar-refractivity contribution is 7.79. The van der Waals surface area contributed by atoms with Crippen LogP contribution >= 0.6 is 12.2 Å². The summed E-state index contributed by atoms with van der Waals surface area (Å²) in [6, 6.07) is 9.70. The summed E-state index contributed by atoms with van der Waals surface area (Å²) >= 11 is 5.10. The quantitative estimate of drug-likeness (QED) is 0.611. The van der Waals surface area contributed by atoms with Crippen molar-refractivity contribution in [1.82, 2.24) is 0 Å². The molecule has 0 aromatic heterocycles. The topological polar surface area (TPSA) is 55.4 Å². The van der Waals surface area contributed by atoms with Crippen LogP contribution in [0.1, 0.15) is 11.9 Å². The minimum Gasteiger partial charge on any atom is -0.443 e. The maximum Gasteiger partial charge on any atom is 0.354 e. The van der Waals surface area contributed by atoms with Gasteiger partial charge in [-0.25, -0.2) is 0 Å². The summed E-state index contributed by atoms with van der Waals surface area (Å²) in [5.41, 5.74) is -0.0561. The maximum atomic E-state index is 6.19. The van der Waals surface area contributed by atoms with Crippen LogP contribution in [0.2, 0.25) is 0 Å². The van der Waals surface area contributed by atoms with Crippen LogP contribution in [0.5, 0.6) is 0 Å². The lowest BCUT2D eigenvalue weighted by molar-refractivity contribution is -0.357. The smallest absolute Gasteiger partial charge is 0.354 e. The van der Waals surface area contributed by atoms with Gasteiger partial charge in [-0.15, -0.1) is 0 Å².